The molecule has 4 heteroatoms. The summed E-state index contributed by atoms with van der Waals surface area (Å²) in [5.41, 5.74) is 0.423. The highest BCUT2D eigenvalue weighted by molar-refractivity contribution is 8.28. The van der Waals surface area contributed by atoms with E-state index in [1.165, 1.54) is 24.6 Å². The van der Waals surface area contributed by atoms with Crippen molar-refractivity contribution in [1.29, 1.82) is 0 Å². The largest absolute Gasteiger partial charge is 0.417 e. The molecule has 0 heterocycles. The predicted molar refractivity (Wildman–Crippen MR) is 92.7 cm³/mol. The summed E-state index contributed by atoms with van der Waals surface area (Å²) in [6, 6.07) is 1.28. The molecule has 0 radical (unpaired) electrons. The zero-order chi connectivity index (χ0) is 14.4. The lowest BCUT2D eigenvalue weighted by molar-refractivity contribution is 0.286. The van der Waals surface area contributed by atoms with E-state index in [0.717, 1.165) is 6.61 Å². The topological polar surface area (TPSA) is 9.23 Å². The van der Waals surface area contributed by atoms with E-state index in [9.17, 15) is 0 Å². The first-order valence-electron chi connectivity index (χ1n) is 7.25. The van der Waals surface area contributed by atoms with Gasteiger partial charge in [-0.3, -0.25) is 0 Å². The molecular formula is C14H34OSSi2. The van der Waals surface area contributed by atoms with Crippen molar-refractivity contribution >= 4 is 26.8 Å². The van der Waals surface area contributed by atoms with Gasteiger partial charge in [0.2, 0.25) is 0 Å². The van der Waals surface area contributed by atoms with Crippen LogP contribution >= 0.6 is 11.2 Å². The van der Waals surface area contributed by atoms with Crippen LogP contribution < -0.4 is 0 Å². The average molecular weight is 307 g/mol. The fourth-order valence-electron chi connectivity index (χ4n) is 2.16. The SMILES string of the molecule is CCCCO[Si](C)(C)CC(C)(C)CS[Si](C)(C)C. The van der Waals surface area contributed by atoms with Gasteiger partial charge in [-0.2, -0.15) is 11.2 Å². The Morgan fingerprint density at radius 2 is 1.61 bits per heavy atom. The molecule has 1 nitrogen and oxygen atoms in total. The van der Waals surface area contributed by atoms with Crippen molar-refractivity contribution in [3.63, 3.8) is 0 Å². The standard InChI is InChI=1S/C14H34OSSi2/c1-9-10-11-15-18(7,8)13-14(2,3)12-16-17(4,5)6/h9-13H2,1-8H3. The minimum atomic E-state index is -1.47. The lowest BCUT2D eigenvalue weighted by Crippen LogP contribution is -2.38. The Bertz CT molecular complexity index is 234. The molecule has 0 aromatic rings. The maximum absolute atomic E-state index is 6.18. The van der Waals surface area contributed by atoms with Crippen molar-refractivity contribution in [3.05, 3.63) is 0 Å². The molecule has 0 saturated heterocycles. The molecule has 0 aliphatic heterocycles. The van der Waals surface area contributed by atoms with Crippen molar-refractivity contribution in [1.82, 2.24) is 0 Å². The van der Waals surface area contributed by atoms with Gasteiger partial charge < -0.3 is 4.43 Å². The van der Waals surface area contributed by atoms with Crippen LogP contribution in [-0.4, -0.2) is 27.9 Å². The molecule has 0 N–H and O–H groups in total. The molecule has 0 saturated carbocycles. The van der Waals surface area contributed by atoms with Crippen molar-refractivity contribution in [2.24, 2.45) is 5.41 Å². The summed E-state index contributed by atoms with van der Waals surface area (Å²) in [7, 11) is -2.45. The van der Waals surface area contributed by atoms with Crippen LogP contribution in [0.4, 0.5) is 0 Å². The van der Waals surface area contributed by atoms with Crippen LogP contribution in [-0.2, 0) is 4.43 Å². The van der Waals surface area contributed by atoms with E-state index in [1.54, 1.807) is 0 Å². The molecule has 0 aromatic heterocycles. The Hall–Kier alpha value is 0.744. The highest BCUT2D eigenvalue weighted by atomic mass is 32.4. The zero-order valence-electron chi connectivity index (χ0n) is 13.9. The summed E-state index contributed by atoms with van der Waals surface area (Å²) < 4.78 is 6.18. The van der Waals surface area contributed by atoms with Gasteiger partial charge in [-0.1, -0.05) is 46.8 Å². The molecule has 0 unspecified atom stereocenters. The van der Waals surface area contributed by atoms with Gasteiger partial charge in [0.15, 0.2) is 8.32 Å². The highest BCUT2D eigenvalue weighted by Crippen LogP contribution is 2.35. The number of hydrogen-bond donors (Lipinski definition) is 0. The molecule has 0 spiro atoms. The molecule has 0 aliphatic carbocycles. The molecule has 0 aromatic carbocycles. The second-order valence-corrected chi connectivity index (χ2v) is 21.2. The first-order chi connectivity index (χ1) is 7.97. The third kappa shape index (κ3) is 10.6. The van der Waals surface area contributed by atoms with E-state index in [4.69, 9.17) is 4.43 Å². The summed E-state index contributed by atoms with van der Waals surface area (Å²) in [6.07, 6.45) is 2.44. The van der Waals surface area contributed by atoms with Gasteiger partial charge in [0.25, 0.3) is 0 Å². The van der Waals surface area contributed by atoms with Gasteiger partial charge in [0.1, 0.15) is 7.22 Å². The summed E-state index contributed by atoms with van der Waals surface area (Å²) in [4.78, 5) is 0. The summed E-state index contributed by atoms with van der Waals surface area (Å²) in [5, 5.41) is 0. The van der Waals surface area contributed by atoms with Crippen LogP contribution in [0.25, 0.3) is 0 Å². The van der Waals surface area contributed by atoms with E-state index in [2.05, 4.69) is 64.7 Å². The first-order valence-corrected chi connectivity index (χ1v) is 15.6. The molecule has 18 heavy (non-hydrogen) atoms. The quantitative estimate of drug-likeness (QED) is 0.405. The maximum Gasteiger partial charge on any atom is 0.187 e. The molecule has 0 fully saturated rings. The average Bonchev–Trinajstić information content (AvgIpc) is 2.12. The van der Waals surface area contributed by atoms with Crippen LogP contribution in [0.2, 0.25) is 38.8 Å². The van der Waals surface area contributed by atoms with Crippen molar-refractivity contribution < 1.29 is 4.43 Å². The molecule has 110 valence electrons. The Balaban J connectivity index is 4.19. The van der Waals surface area contributed by atoms with Gasteiger partial charge >= 0.3 is 0 Å². The van der Waals surface area contributed by atoms with E-state index >= 15 is 0 Å². The fraction of sp³-hybridized carbons (Fsp3) is 1.00. The van der Waals surface area contributed by atoms with Gasteiger partial charge in [-0.05, 0) is 36.7 Å². The molecular weight excluding hydrogens is 272 g/mol. The molecule has 0 amide bonds. The maximum atomic E-state index is 6.18. The van der Waals surface area contributed by atoms with Gasteiger partial charge in [-0.25, -0.2) is 0 Å². The molecule has 0 atom stereocenters. The molecule has 0 bridgehead atoms. The van der Waals surface area contributed by atoms with Gasteiger partial charge in [-0.15, -0.1) is 0 Å². The second-order valence-electron chi connectivity index (χ2n) is 7.70. The molecule has 0 aliphatic rings. The fourth-order valence-corrected chi connectivity index (χ4v) is 8.97. The minimum absolute atomic E-state index is 0.423. The van der Waals surface area contributed by atoms with Gasteiger partial charge in [0, 0.05) is 6.61 Å². The van der Waals surface area contributed by atoms with Crippen LogP contribution in [0, 0.1) is 5.41 Å². The summed E-state index contributed by atoms with van der Waals surface area (Å²) in [6.45, 7) is 20.1. The summed E-state index contributed by atoms with van der Waals surface area (Å²) in [5.74, 6) is 1.29. The zero-order valence-corrected chi connectivity index (χ0v) is 16.7. The number of hydrogen-bond acceptors (Lipinski definition) is 2. The Kier molecular flexibility index (Phi) is 7.82. The first kappa shape index (κ1) is 18.7. The normalized spacial score (nSPS) is 14.0. The second kappa shape index (κ2) is 7.51. The number of unbranched alkanes of at least 4 members (excludes halogenated alkanes) is 1. The monoisotopic (exact) mass is 306 g/mol. The Labute approximate surface area is 121 Å². The van der Waals surface area contributed by atoms with Gasteiger partial charge in [0.05, 0.1) is 0 Å². The van der Waals surface area contributed by atoms with Crippen molar-refractivity contribution in [2.45, 2.75) is 72.4 Å². The van der Waals surface area contributed by atoms with Crippen LogP contribution in [0.15, 0.2) is 0 Å². The third-order valence-corrected chi connectivity index (χ3v) is 10.4. The Morgan fingerprint density at radius 3 is 2.06 bits per heavy atom. The van der Waals surface area contributed by atoms with E-state index in [1.807, 2.05) is 0 Å². The lowest BCUT2D eigenvalue weighted by Gasteiger charge is -2.34. The predicted octanol–water partition coefficient (Wildman–Crippen LogP) is 5.60. The van der Waals surface area contributed by atoms with Crippen LogP contribution in [0.5, 0.6) is 0 Å². The van der Waals surface area contributed by atoms with E-state index < -0.39 is 15.5 Å². The van der Waals surface area contributed by atoms with E-state index in [-0.39, 0.29) is 0 Å². The van der Waals surface area contributed by atoms with Crippen LogP contribution in [0.1, 0.15) is 33.6 Å². The Morgan fingerprint density at radius 1 is 1.06 bits per heavy atom. The smallest absolute Gasteiger partial charge is 0.187 e. The minimum Gasteiger partial charge on any atom is -0.417 e. The van der Waals surface area contributed by atoms with Crippen molar-refractivity contribution in [3.8, 4) is 0 Å². The summed E-state index contributed by atoms with van der Waals surface area (Å²) >= 11 is 2.22. The number of rotatable bonds is 9. The van der Waals surface area contributed by atoms with E-state index in [0.29, 0.717) is 5.41 Å². The molecule has 0 rings (SSSR count). The van der Waals surface area contributed by atoms with Crippen molar-refractivity contribution in [2.75, 3.05) is 12.4 Å². The third-order valence-electron chi connectivity index (χ3n) is 2.79. The lowest BCUT2D eigenvalue weighted by atomic mass is 10.00. The van der Waals surface area contributed by atoms with Crippen LogP contribution in [0.3, 0.4) is 0 Å². The highest BCUT2D eigenvalue weighted by Gasteiger charge is 2.33.